The van der Waals surface area contributed by atoms with Crippen LogP contribution in [0.1, 0.15) is 18.4 Å². The molecule has 1 heterocycles. The Morgan fingerprint density at radius 3 is 3.00 bits per heavy atom. The fourth-order valence-electron chi connectivity index (χ4n) is 1.92. The highest BCUT2D eigenvalue weighted by Crippen LogP contribution is 2.07. The second-order valence-corrected chi connectivity index (χ2v) is 4.02. The van der Waals surface area contributed by atoms with Crippen LogP contribution in [0, 0.1) is 5.82 Å². The highest BCUT2D eigenvalue weighted by atomic mass is 19.1. The van der Waals surface area contributed by atoms with E-state index in [1.54, 1.807) is 6.07 Å². The Hall–Kier alpha value is -0.930. The molecule has 1 saturated heterocycles. The molecule has 2 rings (SSSR count). The second kappa shape index (κ2) is 5.24. The zero-order valence-corrected chi connectivity index (χ0v) is 8.80. The SMILES string of the molecule is Fc1ccccc1CN[C@@H]1CCCNC1. The average Bonchev–Trinajstić information content (AvgIpc) is 2.29. The summed E-state index contributed by atoms with van der Waals surface area (Å²) in [6.07, 6.45) is 2.39. The first kappa shape index (κ1) is 10.6. The molecule has 1 fully saturated rings. The van der Waals surface area contributed by atoms with Gasteiger partial charge in [0.2, 0.25) is 0 Å². The molecule has 0 aromatic heterocycles. The third-order valence-corrected chi connectivity index (χ3v) is 2.84. The third-order valence-electron chi connectivity index (χ3n) is 2.84. The number of benzene rings is 1. The molecule has 1 aromatic rings. The van der Waals surface area contributed by atoms with Crippen LogP contribution in [-0.2, 0) is 6.54 Å². The van der Waals surface area contributed by atoms with Crippen molar-refractivity contribution in [3.63, 3.8) is 0 Å². The summed E-state index contributed by atoms with van der Waals surface area (Å²) in [5.41, 5.74) is 0.753. The van der Waals surface area contributed by atoms with E-state index in [0.29, 0.717) is 12.6 Å². The van der Waals surface area contributed by atoms with Gasteiger partial charge in [0, 0.05) is 24.7 Å². The summed E-state index contributed by atoms with van der Waals surface area (Å²) in [5, 5.41) is 6.71. The molecule has 2 nitrogen and oxygen atoms in total. The summed E-state index contributed by atoms with van der Waals surface area (Å²) in [6, 6.07) is 7.42. The Bertz CT molecular complexity index is 308. The molecule has 0 radical (unpaired) electrons. The van der Waals surface area contributed by atoms with Crippen LogP contribution in [-0.4, -0.2) is 19.1 Å². The number of hydrogen-bond donors (Lipinski definition) is 2. The van der Waals surface area contributed by atoms with Crippen molar-refractivity contribution < 1.29 is 4.39 Å². The van der Waals surface area contributed by atoms with E-state index >= 15 is 0 Å². The lowest BCUT2D eigenvalue weighted by Crippen LogP contribution is -2.42. The van der Waals surface area contributed by atoms with Gasteiger partial charge in [-0.25, -0.2) is 4.39 Å². The van der Waals surface area contributed by atoms with Gasteiger partial charge in [-0.05, 0) is 25.5 Å². The van der Waals surface area contributed by atoms with E-state index < -0.39 is 0 Å². The number of halogens is 1. The van der Waals surface area contributed by atoms with Crippen LogP contribution >= 0.6 is 0 Å². The largest absolute Gasteiger partial charge is 0.315 e. The molecule has 1 aliphatic rings. The maximum atomic E-state index is 13.3. The van der Waals surface area contributed by atoms with Crippen molar-refractivity contribution in [2.75, 3.05) is 13.1 Å². The van der Waals surface area contributed by atoms with Gasteiger partial charge in [-0.15, -0.1) is 0 Å². The van der Waals surface area contributed by atoms with E-state index in [4.69, 9.17) is 0 Å². The lowest BCUT2D eigenvalue weighted by atomic mass is 10.1. The molecule has 0 spiro atoms. The van der Waals surface area contributed by atoms with Crippen molar-refractivity contribution in [1.29, 1.82) is 0 Å². The van der Waals surface area contributed by atoms with Crippen LogP contribution in [0.25, 0.3) is 0 Å². The summed E-state index contributed by atoms with van der Waals surface area (Å²) in [5.74, 6) is -0.117. The quantitative estimate of drug-likeness (QED) is 0.789. The Kier molecular flexibility index (Phi) is 3.69. The second-order valence-electron chi connectivity index (χ2n) is 4.02. The van der Waals surface area contributed by atoms with Crippen LogP contribution in [0.2, 0.25) is 0 Å². The molecule has 1 aliphatic heterocycles. The van der Waals surface area contributed by atoms with Crippen molar-refractivity contribution >= 4 is 0 Å². The molecular formula is C12H17FN2. The zero-order chi connectivity index (χ0) is 10.5. The number of hydrogen-bond acceptors (Lipinski definition) is 2. The molecule has 1 atom stereocenters. The highest BCUT2D eigenvalue weighted by Gasteiger charge is 2.12. The van der Waals surface area contributed by atoms with Crippen molar-refractivity contribution in [1.82, 2.24) is 10.6 Å². The summed E-state index contributed by atoms with van der Waals surface area (Å²) in [4.78, 5) is 0. The van der Waals surface area contributed by atoms with Crippen LogP contribution in [0.5, 0.6) is 0 Å². The maximum absolute atomic E-state index is 13.3. The van der Waals surface area contributed by atoms with Gasteiger partial charge in [-0.3, -0.25) is 0 Å². The maximum Gasteiger partial charge on any atom is 0.127 e. The summed E-state index contributed by atoms with van der Waals surface area (Å²) in [7, 11) is 0. The predicted molar refractivity (Wildman–Crippen MR) is 59.1 cm³/mol. The van der Waals surface area contributed by atoms with Gasteiger partial charge >= 0.3 is 0 Å². The highest BCUT2D eigenvalue weighted by molar-refractivity contribution is 5.17. The first-order valence-electron chi connectivity index (χ1n) is 5.54. The Balaban J connectivity index is 1.84. The smallest absolute Gasteiger partial charge is 0.127 e. The zero-order valence-electron chi connectivity index (χ0n) is 8.80. The van der Waals surface area contributed by atoms with Gasteiger partial charge in [0.25, 0.3) is 0 Å². The monoisotopic (exact) mass is 208 g/mol. The van der Waals surface area contributed by atoms with Gasteiger partial charge in [0.1, 0.15) is 5.82 Å². The topological polar surface area (TPSA) is 24.1 Å². The molecule has 0 aliphatic carbocycles. The number of nitrogens with one attached hydrogen (secondary N) is 2. The van der Waals surface area contributed by atoms with Crippen molar-refractivity contribution in [3.8, 4) is 0 Å². The Labute approximate surface area is 89.9 Å². The standard InChI is InChI=1S/C12H17FN2/c13-12-6-2-1-4-10(12)8-15-11-5-3-7-14-9-11/h1-2,4,6,11,14-15H,3,5,7-9H2/t11-/m1/s1. The number of piperidine rings is 1. The average molecular weight is 208 g/mol. The van der Waals surface area contributed by atoms with Crippen molar-refractivity contribution in [2.24, 2.45) is 0 Å². The summed E-state index contributed by atoms with van der Waals surface area (Å²) >= 11 is 0. The van der Waals surface area contributed by atoms with E-state index in [0.717, 1.165) is 18.7 Å². The minimum Gasteiger partial charge on any atom is -0.315 e. The van der Waals surface area contributed by atoms with Gasteiger partial charge in [-0.2, -0.15) is 0 Å². The Morgan fingerprint density at radius 1 is 1.40 bits per heavy atom. The van der Waals surface area contributed by atoms with E-state index in [-0.39, 0.29) is 5.82 Å². The van der Waals surface area contributed by atoms with Gasteiger partial charge in [0.05, 0.1) is 0 Å². The molecule has 0 unspecified atom stereocenters. The summed E-state index contributed by atoms with van der Waals surface area (Å²) in [6.45, 7) is 2.73. The molecule has 0 saturated carbocycles. The van der Waals surface area contributed by atoms with Crippen LogP contribution in [0.15, 0.2) is 24.3 Å². The molecular weight excluding hydrogens is 191 g/mol. The predicted octanol–water partition coefficient (Wildman–Crippen LogP) is 1.67. The first-order valence-corrected chi connectivity index (χ1v) is 5.54. The van der Waals surface area contributed by atoms with Crippen LogP contribution < -0.4 is 10.6 Å². The van der Waals surface area contributed by atoms with E-state index in [1.165, 1.54) is 18.9 Å². The van der Waals surface area contributed by atoms with E-state index in [2.05, 4.69) is 10.6 Å². The third kappa shape index (κ3) is 3.01. The Morgan fingerprint density at radius 2 is 2.27 bits per heavy atom. The lowest BCUT2D eigenvalue weighted by molar-refractivity contribution is 0.386. The number of rotatable bonds is 3. The lowest BCUT2D eigenvalue weighted by Gasteiger charge is -2.23. The van der Waals surface area contributed by atoms with Gasteiger partial charge < -0.3 is 10.6 Å². The van der Waals surface area contributed by atoms with Crippen LogP contribution in [0.3, 0.4) is 0 Å². The minimum absolute atomic E-state index is 0.117. The van der Waals surface area contributed by atoms with E-state index in [9.17, 15) is 4.39 Å². The van der Waals surface area contributed by atoms with Crippen molar-refractivity contribution in [2.45, 2.75) is 25.4 Å². The molecule has 2 N–H and O–H groups in total. The van der Waals surface area contributed by atoms with E-state index in [1.807, 2.05) is 12.1 Å². The fraction of sp³-hybridized carbons (Fsp3) is 0.500. The first-order chi connectivity index (χ1) is 7.36. The van der Waals surface area contributed by atoms with Gasteiger partial charge in [-0.1, -0.05) is 18.2 Å². The minimum atomic E-state index is -0.117. The molecule has 15 heavy (non-hydrogen) atoms. The molecule has 0 amide bonds. The molecule has 82 valence electrons. The normalized spacial score (nSPS) is 21.5. The molecule has 0 bridgehead atoms. The molecule has 3 heteroatoms. The van der Waals surface area contributed by atoms with Crippen molar-refractivity contribution in [3.05, 3.63) is 35.6 Å². The fourth-order valence-corrected chi connectivity index (χ4v) is 1.92. The van der Waals surface area contributed by atoms with Gasteiger partial charge in [0.15, 0.2) is 0 Å². The summed E-state index contributed by atoms with van der Waals surface area (Å²) < 4.78 is 13.3. The van der Waals surface area contributed by atoms with Crippen LogP contribution in [0.4, 0.5) is 4.39 Å². The molecule has 1 aromatic carbocycles.